The summed E-state index contributed by atoms with van der Waals surface area (Å²) in [5.74, 6) is 0.147. The Hall–Kier alpha value is -3.22. The molecule has 2 unspecified atom stereocenters. The van der Waals surface area contributed by atoms with E-state index in [0.29, 0.717) is 30.1 Å². The fraction of sp³-hybridized carbons (Fsp3) is 0.222. The van der Waals surface area contributed by atoms with Gasteiger partial charge in [-0.3, -0.25) is 4.79 Å². The molecule has 2 aliphatic heterocycles. The third kappa shape index (κ3) is 3.41. The molecule has 4 aromatic rings. The SMILES string of the molecule is O=c1c(-c2ccc3ccccc3c2)ccc2n1CC1CC2CN(S(=O)(=O)c2ccccc2)C1. The summed E-state index contributed by atoms with van der Waals surface area (Å²) in [4.78, 5) is 13.8. The van der Waals surface area contributed by atoms with Gasteiger partial charge < -0.3 is 4.57 Å². The molecule has 5 nitrogen and oxygen atoms in total. The average Bonchev–Trinajstić information content (AvgIpc) is 2.85. The molecule has 3 aromatic carbocycles. The molecule has 0 amide bonds. The van der Waals surface area contributed by atoms with Crippen LogP contribution in [0, 0.1) is 5.92 Å². The summed E-state index contributed by atoms with van der Waals surface area (Å²) in [5.41, 5.74) is 2.56. The fourth-order valence-electron chi connectivity index (χ4n) is 5.42. The Kier molecular flexibility index (Phi) is 4.75. The second-order valence-corrected chi connectivity index (χ2v) is 11.0. The molecule has 3 heterocycles. The van der Waals surface area contributed by atoms with Crippen molar-refractivity contribution in [1.29, 1.82) is 0 Å². The monoisotopic (exact) mass is 456 g/mol. The Labute approximate surface area is 193 Å². The van der Waals surface area contributed by atoms with Gasteiger partial charge in [-0.15, -0.1) is 0 Å². The highest BCUT2D eigenvalue weighted by atomic mass is 32.2. The largest absolute Gasteiger partial charge is 0.311 e. The highest BCUT2D eigenvalue weighted by Gasteiger charge is 2.39. The van der Waals surface area contributed by atoms with E-state index in [2.05, 4.69) is 24.3 Å². The molecular weight excluding hydrogens is 432 g/mol. The molecule has 6 heteroatoms. The van der Waals surface area contributed by atoms with E-state index >= 15 is 0 Å². The number of benzene rings is 3. The lowest BCUT2D eigenvalue weighted by Crippen LogP contribution is -2.49. The molecule has 33 heavy (non-hydrogen) atoms. The van der Waals surface area contributed by atoms with Crippen molar-refractivity contribution in [3.8, 4) is 11.1 Å². The van der Waals surface area contributed by atoms with Crippen LogP contribution in [0.3, 0.4) is 0 Å². The third-order valence-corrected chi connectivity index (χ3v) is 8.86. The molecule has 2 aliphatic rings. The first-order chi connectivity index (χ1) is 16.0. The predicted octanol–water partition coefficient (Wildman–Crippen LogP) is 4.48. The summed E-state index contributed by atoms with van der Waals surface area (Å²) >= 11 is 0. The first-order valence-corrected chi connectivity index (χ1v) is 12.7. The minimum atomic E-state index is -3.54. The number of rotatable bonds is 3. The second kappa shape index (κ2) is 7.68. The molecule has 0 aliphatic carbocycles. The molecule has 0 radical (unpaired) electrons. The Bertz CT molecular complexity index is 1530. The molecule has 0 saturated carbocycles. The summed E-state index contributed by atoms with van der Waals surface area (Å²) in [5, 5.41) is 2.25. The maximum atomic E-state index is 13.5. The molecule has 0 N–H and O–H groups in total. The van der Waals surface area contributed by atoms with Crippen LogP contribution >= 0.6 is 0 Å². The van der Waals surface area contributed by atoms with Crippen molar-refractivity contribution in [2.45, 2.75) is 23.8 Å². The molecule has 0 spiro atoms. The van der Waals surface area contributed by atoms with E-state index in [1.165, 1.54) is 0 Å². The first kappa shape index (κ1) is 20.4. The quantitative estimate of drug-likeness (QED) is 0.457. The predicted molar refractivity (Wildman–Crippen MR) is 130 cm³/mol. The molecule has 1 saturated heterocycles. The Morgan fingerprint density at radius 1 is 0.758 bits per heavy atom. The van der Waals surface area contributed by atoms with E-state index in [1.54, 1.807) is 28.6 Å². The maximum absolute atomic E-state index is 13.5. The lowest BCUT2D eigenvalue weighted by molar-refractivity contribution is 0.186. The van der Waals surface area contributed by atoms with Crippen LogP contribution in [0.2, 0.25) is 0 Å². The fourth-order valence-corrected chi connectivity index (χ4v) is 7.00. The minimum absolute atomic E-state index is 0.0110. The van der Waals surface area contributed by atoms with Crippen molar-refractivity contribution in [1.82, 2.24) is 8.87 Å². The van der Waals surface area contributed by atoms with E-state index < -0.39 is 10.0 Å². The number of hydrogen-bond acceptors (Lipinski definition) is 3. The Balaban J connectivity index is 1.36. The topological polar surface area (TPSA) is 59.4 Å². The summed E-state index contributed by atoms with van der Waals surface area (Å²) in [6.45, 7) is 1.40. The van der Waals surface area contributed by atoms with E-state index in [-0.39, 0.29) is 17.4 Å². The smallest absolute Gasteiger partial charge is 0.258 e. The molecular formula is C27H24N2O3S. The van der Waals surface area contributed by atoms with E-state index in [1.807, 2.05) is 41.0 Å². The summed E-state index contributed by atoms with van der Waals surface area (Å²) in [6, 6.07) is 26.8. The van der Waals surface area contributed by atoms with Crippen LogP contribution in [-0.4, -0.2) is 30.4 Å². The van der Waals surface area contributed by atoms with Crippen molar-refractivity contribution in [3.63, 3.8) is 0 Å². The molecule has 6 rings (SSSR count). The van der Waals surface area contributed by atoms with Gasteiger partial charge in [-0.1, -0.05) is 54.6 Å². The highest BCUT2D eigenvalue weighted by molar-refractivity contribution is 7.89. The van der Waals surface area contributed by atoms with Crippen LogP contribution in [0.1, 0.15) is 18.0 Å². The number of aromatic nitrogens is 1. The van der Waals surface area contributed by atoms with Gasteiger partial charge in [-0.25, -0.2) is 8.42 Å². The summed E-state index contributed by atoms with van der Waals surface area (Å²) in [7, 11) is -3.54. The van der Waals surface area contributed by atoms with Gasteiger partial charge in [-0.2, -0.15) is 4.31 Å². The molecule has 1 aromatic heterocycles. The standard InChI is InChI=1S/C27H24N2O3S/c30-27-25(22-11-10-20-6-4-5-7-21(20)15-22)12-13-26-23-14-19(17-29(26)27)16-28(18-23)33(31,32)24-8-2-1-3-9-24/h1-13,15,19,23H,14,16-18H2. The van der Waals surface area contributed by atoms with Crippen molar-refractivity contribution >= 4 is 20.8 Å². The number of sulfonamides is 1. The number of piperidine rings is 1. The van der Waals surface area contributed by atoms with Gasteiger partial charge in [-0.05, 0) is 59.0 Å². The zero-order valence-corrected chi connectivity index (χ0v) is 18.9. The number of pyridine rings is 1. The molecule has 1 fully saturated rings. The number of hydrogen-bond donors (Lipinski definition) is 0. The Morgan fingerprint density at radius 2 is 1.52 bits per heavy atom. The van der Waals surface area contributed by atoms with Gasteiger partial charge in [0.15, 0.2) is 0 Å². The van der Waals surface area contributed by atoms with Gasteiger partial charge in [0.1, 0.15) is 0 Å². The van der Waals surface area contributed by atoms with Crippen LogP contribution in [-0.2, 0) is 16.6 Å². The summed E-state index contributed by atoms with van der Waals surface area (Å²) < 4.78 is 29.9. The summed E-state index contributed by atoms with van der Waals surface area (Å²) in [6.07, 6.45) is 0.912. The van der Waals surface area contributed by atoms with Crippen LogP contribution < -0.4 is 5.56 Å². The van der Waals surface area contributed by atoms with Crippen LogP contribution in [0.25, 0.3) is 21.9 Å². The van der Waals surface area contributed by atoms with Crippen molar-refractivity contribution in [3.05, 3.63) is 101 Å². The van der Waals surface area contributed by atoms with Crippen LogP contribution in [0.15, 0.2) is 94.6 Å². The number of nitrogens with zero attached hydrogens (tertiary/aromatic N) is 2. The lowest BCUT2D eigenvalue weighted by atomic mass is 9.84. The first-order valence-electron chi connectivity index (χ1n) is 11.3. The van der Waals surface area contributed by atoms with Gasteiger partial charge in [0, 0.05) is 36.8 Å². The molecule has 166 valence electrons. The van der Waals surface area contributed by atoms with Gasteiger partial charge in [0.25, 0.3) is 5.56 Å². The van der Waals surface area contributed by atoms with Crippen LogP contribution in [0.4, 0.5) is 0 Å². The van der Waals surface area contributed by atoms with Crippen molar-refractivity contribution < 1.29 is 8.42 Å². The third-order valence-electron chi connectivity index (χ3n) is 7.01. The lowest BCUT2D eigenvalue weighted by Gasteiger charge is -2.42. The van der Waals surface area contributed by atoms with Crippen LogP contribution in [0.5, 0.6) is 0 Å². The van der Waals surface area contributed by atoms with E-state index in [4.69, 9.17) is 0 Å². The zero-order chi connectivity index (χ0) is 22.6. The zero-order valence-electron chi connectivity index (χ0n) is 18.1. The van der Waals surface area contributed by atoms with Gasteiger partial charge in [0.05, 0.1) is 4.90 Å². The molecule has 2 bridgehead atoms. The second-order valence-electron chi connectivity index (χ2n) is 9.08. The Morgan fingerprint density at radius 3 is 2.33 bits per heavy atom. The van der Waals surface area contributed by atoms with Gasteiger partial charge in [0.2, 0.25) is 10.0 Å². The number of fused-ring (bicyclic) bond motifs is 5. The normalized spacial score (nSPS) is 20.5. The molecule has 2 atom stereocenters. The van der Waals surface area contributed by atoms with Crippen molar-refractivity contribution in [2.75, 3.05) is 13.1 Å². The van der Waals surface area contributed by atoms with Crippen molar-refractivity contribution in [2.24, 2.45) is 5.92 Å². The maximum Gasteiger partial charge on any atom is 0.258 e. The average molecular weight is 457 g/mol. The van der Waals surface area contributed by atoms with Gasteiger partial charge >= 0.3 is 0 Å². The highest BCUT2D eigenvalue weighted by Crippen LogP contribution is 2.38. The minimum Gasteiger partial charge on any atom is -0.311 e. The van der Waals surface area contributed by atoms with E-state index in [0.717, 1.165) is 28.5 Å². The van der Waals surface area contributed by atoms with E-state index in [9.17, 15) is 13.2 Å².